The molecule has 1 aliphatic rings. The fourth-order valence-electron chi connectivity index (χ4n) is 2.54. The zero-order valence-electron chi connectivity index (χ0n) is 11.9. The summed E-state index contributed by atoms with van der Waals surface area (Å²) >= 11 is 0. The van der Waals surface area contributed by atoms with E-state index in [1.807, 2.05) is 6.07 Å². The topological polar surface area (TPSA) is 44.7 Å². The number of aliphatic hydroxyl groups is 1. The van der Waals surface area contributed by atoms with Gasteiger partial charge in [-0.15, -0.1) is 0 Å². The molecule has 4 heteroatoms. The standard InChI is InChI=1S/C15H24N2O2/c1-12(18)10-16-7-9-17-8-6-13-4-3-5-15(19-2)14(13)11-17/h3-5,12,16,18H,6-11H2,1-2H3. The molecule has 1 aromatic rings. The maximum absolute atomic E-state index is 9.20. The van der Waals surface area contributed by atoms with E-state index in [1.165, 1.54) is 11.1 Å². The minimum Gasteiger partial charge on any atom is -0.496 e. The number of nitrogens with one attached hydrogen (secondary N) is 1. The first-order chi connectivity index (χ1) is 9.20. The minimum absolute atomic E-state index is 0.276. The van der Waals surface area contributed by atoms with Crippen molar-refractivity contribution in [1.82, 2.24) is 10.2 Å². The Morgan fingerprint density at radius 3 is 3.05 bits per heavy atom. The number of hydrogen-bond donors (Lipinski definition) is 2. The van der Waals surface area contributed by atoms with E-state index in [-0.39, 0.29) is 6.10 Å². The van der Waals surface area contributed by atoms with Gasteiger partial charge in [0.05, 0.1) is 13.2 Å². The molecule has 106 valence electrons. The Labute approximate surface area is 115 Å². The fourth-order valence-corrected chi connectivity index (χ4v) is 2.54. The second kappa shape index (κ2) is 6.89. The summed E-state index contributed by atoms with van der Waals surface area (Å²) in [7, 11) is 1.73. The number of rotatable bonds is 6. The summed E-state index contributed by atoms with van der Waals surface area (Å²) in [6.45, 7) is 6.43. The lowest BCUT2D eigenvalue weighted by Crippen LogP contribution is -2.37. The number of fused-ring (bicyclic) bond motifs is 1. The third kappa shape index (κ3) is 3.93. The van der Waals surface area contributed by atoms with E-state index in [4.69, 9.17) is 4.74 Å². The third-order valence-corrected chi connectivity index (χ3v) is 3.57. The van der Waals surface area contributed by atoms with Gasteiger partial charge in [0, 0.05) is 38.3 Å². The lowest BCUT2D eigenvalue weighted by Gasteiger charge is -2.29. The highest BCUT2D eigenvalue weighted by Gasteiger charge is 2.18. The van der Waals surface area contributed by atoms with Gasteiger partial charge in [0.2, 0.25) is 0 Å². The molecule has 1 heterocycles. The number of aliphatic hydroxyl groups excluding tert-OH is 1. The van der Waals surface area contributed by atoms with Crippen molar-refractivity contribution >= 4 is 0 Å². The second-order valence-corrected chi connectivity index (χ2v) is 5.18. The van der Waals surface area contributed by atoms with Crippen LogP contribution in [0.5, 0.6) is 5.75 Å². The van der Waals surface area contributed by atoms with Crippen LogP contribution in [0.25, 0.3) is 0 Å². The molecule has 0 saturated heterocycles. The second-order valence-electron chi connectivity index (χ2n) is 5.18. The van der Waals surface area contributed by atoms with Crippen molar-refractivity contribution in [2.75, 3.05) is 33.3 Å². The molecule has 2 rings (SSSR count). The van der Waals surface area contributed by atoms with Gasteiger partial charge >= 0.3 is 0 Å². The number of nitrogens with zero attached hydrogens (tertiary/aromatic N) is 1. The first kappa shape index (κ1) is 14.3. The van der Waals surface area contributed by atoms with Gasteiger partial charge < -0.3 is 15.2 Å². The smallest absolute Gasteiger partial charge is 0.123 e. The van der Waals surface area contributed by atoms with Gasteiger partial charge in [0.15, 0.2) is 0 Å². The number of benzene rings is 1. The Bertz CT molecular complexity index is 393. The van der Waals surface area contributed by atoms with Crippen molar-refractivity contribution in [1.29, 1.82) is 0 Å². The monoisotopic (exact) mass is 264 g/mol. The largest absolute Gasteiger partial charge is 0.496 e. The van der Waals surface area contributed by atoms with Gasteiger partial charge in [0.25, 0.3) is 0 Å². The summed E-state index contributed by atoms with van der Waals surface area (Å²) in [5.41, 5.74) is 2.74. The van der Waals surface area contributed by atoms with Crippen LogP contribution >= 0.6 is 0 Å². The Morgan fingerprint density at radius 2 is 2.32 bits per heavy atom. The predicted molar refractivity (Wildman–Crippen MR) is 76.5 cm³/mol. The third-order valence-electron chi connectivity index (χ3n) is 3.57. The van der Waals surface area contributed by atoms with Gasteiger partial charge in [-0.05, 0) is 25.0 Å². The minimum atomic E-state index is -0.276. The van der Waals surface area contributed by atoms with Crippen LogP contribution in [0.1, 0.15) is 18.1 Å². The van der Waals surface area contributed by atoms with Crippen LogP contribution in [0.4, 0.5) is 0 Å². The zero-order valence-corrected chi connectivity index (χ0v) is 11.9. The van der Waals surface area contributed by atoms with E-state index in [0.29, 0.717) is 6.54 Å². The highest BCUT2D eigenvalue weighted by molar-refractivity contribution is 5.41. The van der Waals surface area contributed by atoms with E-state index in [9.17, 15) is 5.11 Å². The average Bonchev–Trinajstić information content (AvgIpc) is 2.42. The molecule has 19 heavy (non-hydrogen) atoms. The number of ether oxygens (including phenoxy) is 1. The SMILES string of the molecule is COc1cccc2c1CN(CCNCC(C)O)CC2. The molecule has 0 aromatic heterocycles. The Kier molecular flexibility index (Phi) is 5.19. The van der Waals surface area contributed by atoms with Gasteiger partial charge in [-0.2, -0.15) is 0 Å². The Balaban J connectivity index is 1.87. The van der Waals surface area contributed by atoms with Crippen molar-refractivity contribution in [2.45, 2.75) is 26.0 Å². The highest BCUT2D eigenvalue weighted by Crippen LogP contribution is 2.27. The Hall–Kier alpha value is -1.10. The van der Waals surface area contributed by atoms with Crippen molar-refractivity contribution in [3.05, 3.63) is 29.3 Å². The molecule has 0 radical (unpaired) electrons. The van der Waals surface area contributed by atoms with Crippen LogP contribution in [0.15, 0.2) is 18.2 Å². The van der Waals surface area contributed by atoms with Crippen LogP contribution in [-0.2, 0) is 13.0 Å². The zero-order chi connectivity index (χ0) is 13.7. The summed E-state index contributed by atoms with van der Waals surface area (Å²) < 4.78 is 5.44. The summed E-state index contributed by atoms with van der Waals surface area (Å²) in [5, 5.41) is 12.5. The maximum Gasteiger partial charge on any atom is 0.123 e. The fraction of sp³-hybridized carbons (Fsp3) is 0.600. The number of hydrogen-bond acceptors (Lipinski definition) is 4. The molecule has 2 N–H and O–H groups in total. The van der Waals surface area contributed by atoms with Gasteiger partial charge in [-0.1, -0.05) is 12.1 Å². The Morgan fingerprint density at radius 1 is 1.47 bits per heavy atom. The van der Waals surface area contributed by atoms with Crippen molar-refractivity contribution in [2.24, 2.45) is 0 Å². The van der Waals surface area contributed by atoms with E-state index < -0.39 is 0 Å². The summed E-state index contributed by atoms with van der Waals surface area (Å²) in [4.78, 5) is 2.43. The summed E-state index contributed by atoms with van der Waals surface area (Å²) in [6, 6.07) is 6.30. The molecule has 1 aromatic carbocycles. The highest BCUT2D eigenvalue weighted by atomic mass is 16.5. The van der Waals surface area contributed by atoms with E-state index >= 15 is 0 Å². The molecule has 0 aliphatic carbocycles. The van der Waals surface area contributed by atoms with Crippen LogP contribution in [0.3, 0.4) is 0 Å². The van der Waals surface area contributed by atoms with Crippen LogP contribution in [-0.4, -0.2) is 49.4 Å². The lowest BCUT2D eigenvalue weighted by molar-refractivity contribution is 0.186. The van der Waals surface area contributed by atoms with E-state index in [0.717, 1.165) is 38.3 Å². The normalized spacial score (nSPS) is 17.0. The first-order valence-electron chi connectivity index (χ1n) is 6.96. The van der Waals surface area contributed by atoms with Crippen LogP contribution < -0.4 is 10.1 Å². The summed E-state index contributed by atoms with van der Waals surface area (Å²) in [5.74, 6) is 0.999. The quantitative estimate of drug-likeness (QED) is 0.753. The van der Waals surface area contributed by atoms with Gasteiger partial charge in [-0.3, -0.25) is 4.90 Å². The van der Waals surface area contributed by atoms with Gasteiger partial charge in [0.1, 0.15) is 5.75 Å². The molecular weight excluding hydrogens is 240 g/mol. The van der Waals surface area contributed by atoms with E-state index in [2.05, 4.69) is 22.3 Å². The molecule has 1 unspecified atom stereocenters. The van der Waals surface area contributed by atoms with Crippen molar-refractivity contribution in [3.63, 3.8) is 0 Å². The molecule has 0 bridgehead atoms. The summed E-state index contributed by atoms with van der Waals surface area (Å²) in [6.07, 6.45) is 0.810. The van der Waals surface area contributed by atoms with Crippen LogP contribution in [0, 0.1) is 0 Å². The van der Waals surface area contributed by atoms with Crippen molar-refractivity contribution < 1.29 is 9.84 Å². The first-order valence-corrected chi connectivity index (χ1v) is 6.96. The van der Waals surface area contributed by atoms with Crippen molar-refractivity contribution in [3.8, 4) is 5.75 Å². The molecule has 1 aliphatic heterocycles. The molecule has 0 saturated carbocycles. The lowest BCUT2D eigenvalue weighted by atomic mass is 9.99. The van der Waals surface area contributed by atoms with Crippen LogP contribution in [0.2, 0.25) is 0 Å². The molecular formula is C15H24N2O2. The van der Waals surface area contributed by atoms with E-state index in [1.54, 1.807) is 14.0 Å². The molecule has 0 fully saturated rings. The molecule has 0 spiro atoms. The molecule has 1 atom stereocenters. The molecule has 4 nitrogen and oxygen atoms in total. The average molecular weight is 264 g/mol. The number of methoxy groups -OCH3 is 1. The predicted octanol–water partition coefficient (Wildman–Crippen LogP) is 1.02. The maximum atomic E-state index is 9.20. The van der Waals surface area contributed by atoms with Gasteiger partial charge in [-0.25, -0.2) is 0 Å². The molecule has 0 amide bonds.